The number of anilines is 1. The number of fused-ring (bicyclic) bond motifs is 1. The van der Waals surface area contributed by atoms with Crippen molar-refractivity contribution >= 4 is 26.8 Å². The molecule has 154 valence electrons. The Labute approximate surface area is 160 Å². The summed E-state index contributed by atoms with van der Waals surface area (Å²) in [6, 6.07) is 4.24. The Morgan fingerprint density at radius 2 is 1.89 bits per heavy atom. The van der Waals surface area contributed by atoms with Gasteiger partial charge in [-0.15, -0.1) is 10.2 Å². The van der Waals surface area contributed by atoms with Crippen LogP contribution in [0.15, 0.2) is 18.2 Å². The standard InChI is InChI=1S/C16H20F3N5O3S/c1-23(28(20,25)26)10-5-7-24(8-6-10)14-12-4-3-11(27-2)9-13(12)21-22-15(14)16(17,18)19/h3-4,9-10H,5-8H2,1-2H3,(H2,20,25,26). The van der Waals surface area contributed by atoms with E-state index < -0.39 is 22.1 Å². The molecule has 0 radical (unpaired) electrons. The molecule has 8 nitrogen and oxygen atoms in total. The minimum absolute atomic E-state index is 0.0585. The average Bonchev–Trinajstić information content (AvgIpc) is 2.64. The number of nitrogens with zero attached hydrogens (tertiary/aromatic N) is 4. The first kappa shape index (κ1) is 20.6. The van der Waals surface area contributed by atoms with E-state index in [4.69, 9.17) is 9.88 Å². The lowest BCUT2D eigenvalue weighted by atomic mass is 10.0. The molecular formula is C16H20F3N5O3S. The van der Waals surface area contributed by atoms with Crippen molar-refractivity contribution in [2.45, 2.75) is 25.1 Å². The number of nitrogens with two attached hydrogens (primary N) is 1. The van der Waals surface area contributed by atoms with Gasteiger partial charge in [0.15, 0.2) is 5.69 Å². The molecule has 2 aromatic rings. The monoisotopic (exact) mass is 419 g/mol. The van der Waals surface area contributed by atoms with Gasteiger partial charge in [-0.05, 0) is 25.0 Å². The minimum Gasteiger partial charge on any atom is -0.497 e. The Hall–Kier alpha value is -2.18. The highest BCUT2D eigenvalue weighted by atomic mass is 32.2. The number of hydrogen-bond donors (Lipinski definition) is 1. The second-order valence-corrected chi connectivity index (χ2v) is 8.16. The molecule has 3 rings (SSSR count). The number of methoxy groups -OCH3 is 1. The fraction of sp³-hybridized carbons (Fsp3) is 0.500. The first-order valence-electron chi connectivity index (χ1n) is 8.44. The van der Waals surface area contributed by atoms with Crippen LogP contribution in [0.2, 0.25) is 0 Å². The lowest BCUT2D eigenvalue weighted by molar-refractivity contribution is -0.141. The van der Waals surface area contributed by atoms with E-state index >= 15 is 0 Å². The van der Waals surface area contributed by atoms with E-state index in [-0.39, 0.29) is 30.3 Å². The van der Waals surface area contributed by atoms with Gasteiger partial charge in [0.2, 0.25) is 0 Å². The highest BCUT2D eigenvalue weighted by Crippen LogP contribution is 2.40. The summed E-state index contributed by atoms with van der Waals surface area (Å²) in [5.74, 6) is 0.459. The Kier molecular flexibility index (Phi) is 5.38. The van der Waals surface area contributed by atoms with Crippen molar-refractivity contribution in [3.63, 3.8) is 0 Å². The first-order chi connectivity index (χ1) is 13.0. The molecule has 1 aliphatic heterocycles. The number of hydrogen-bond acceptors (Lipinski definition) is 6. The second kappa shape index (κ2) is 7.33. The van der Waals surface area contributed by atoms with E-state index in [1.54, 1.807) is 11.0 Å². The Morgan fingerprint density at radius 3 is 2.43 bits per heavy atom. The molecule has 0 atom stereocenters. The van der Waals surface area contributed by atoms with E-state index in [0.29, 0.717) is 24.0 Å². The molecule has 0 spiro atoms. The zero-order chi connectivity index (χ0) is 20.7. The van der Waals surface area contributed by atoms with Crippen LogP contribution in [-0.2, 0) is 16.4 Å². The third-order valence-corrected chi connectivity index (χ3v) is 6.01. The van der Waals surface area contributed by atoms with Gasteiger partial charge in [-0.25, -0.2) is 5.14 Å². The third-order valence-electron chi connectivity index (χ3n) is 4.91. The van der Waals surface area contributed by atoms with Crippen LogP contribution in [0.4, 0.5) is 18.9 Å². The Balaban J connectivity index is 2.00. The molecule has 1 aliphatic rings. The van der Waals surface area contributed by atoms with Crippen molar-refractivity contribution < 1.29 is 26.3 Å². The zero-order valence-electron chi connectivity index (χ0n) is 15.3. The SMILES string of the molecule is COc1ccc2c(N3CCC(N(C)S(N)(=O)=O)CC3)c(C(F)(F)F)nnc2c1. The number of halogens is 3. The van der Waals surface area contributed by atoms with Crippen LogP contribution in [0, 0.1) is 0 Å². The fourth-order valence-corrected chi connectivity index (χ4v) is 4.00. The maximum atomic E-state index is 13.6. The average molecular weight is 419 g/mol. The minimum atomic E-state index is -4.68. The predicted molar refractivity (Wildman–Crippen MR) is 97.2 cm³/mol. The topological polar surface area (TPSA) is 102 Å². The molecule has 1 saturated heterocycles. The first-order valence-corrected chi connectivity index (χ1v) is 9.95. The van der Waals surface area contributed by atoms with Crippen molar-refractivity contribution in [1.82, 2.24) is 14.5 Å². The summed E-state index contributed by atoms with van der Waals surface area (Å²) in [5.41, 5.74) is -0.841. The molecule has 2 N–H and O–H groups in total. The summed E-state index contributed by atoms with van der Waals surface area (Å²) in [4.78, 5) is 1.57. The van der Waals surface area contributed by atoms with Gasteiger partial charge in [0, 0.05) is 37.6 Å². The summed E-state index contributed by atoms with van der Waals surface area (Å²) in [6.45, 7) is 0.445. The Morgan fingerprint density at radius 1 is 1.25 bits per heavy atom. The van der Waals surface area contributed by atoms with E-state index in [1.807, 2.05) is 0 Å². The maximum absolute atomic E-state index is 13.6. The summed E-state index contributed by atoms with van der Waals surface area (Å²) in [5, 5.41) is 12.6. The highest BCUT2D eigenvalue weighted by molar-refractivity contribution is 7.86. The van der Waals surface area contributed by atoms with Gasteiger partial charge in [0.05, 0.1) is 18.3 Å². The van der Waals surface area contributed by atoms with Crippen LogP contribution in [0.5, 0.6) is 5.75 Å². The van der Waals surface area contributed by atoms with Gasteiger partial charge in [-0.2, -0.15) is 25.9 Å². The van der Waals surface area contributed by atoms with Crippen LogP contribution < -0.4 is 14.8 Å². The quantitative estimate of drug-likeness (QED) is 0.810. The van der Waals surface area contributed by atoms with Crippen molar-refractivity contribution in [2.75, 3.05) is 32.1 Å². The number of piperidine rings is 1. The maximum Gasteiger partial charge on any atom is 0.437 e. The predicted octanol–water partition coefficient (Wildman–Crippen LogP) is 1.76. The summed E-state index contributed by atoms with van der Waals surface area (Å²) in [6.07, 6.45) is -4.00. The van der Waals surface area contributed by atoms with Crippen LogP contribution in [0.3, 0.4) is 0 Å². The number of aromatic nitrogens is 2. The third kappa shape index (κ3) is 3.98. The van der Waals surface area contributed by atoms with Gasteiger partial charge in [-0.3, -0.25) is 0 Å². The molecule has 0 bridgehead atoms. The summed E-state index contributed by atoms with van der Waals surface area (Å²) >= 11 is 0. The van der Waals surface area contributed by atoms with E-state index in [9.17, 15) is 21.6 Å². The number of ether oxygens (including phenoxy) is 1. The van der Waals surface area contributed by atoms with Gasteiger partial charge >= 0.3 is 6.18 Å². The number of alkyl halides is 3. The van der Waals surface area contributed by atoms with Crippen LogP contribution in [0.1, 0.15) is 18.5 Å². The second-order valence-electron chi connectivity index (χ2n) is 6.56. The zero-order valence-corrected chi connectivity index (χ0v) is 16.1. The molecule has 1 aromatic heterocycles. The highest BCUT2D eigenvalue weighted by Gasteiger charge is 2.40. The molecule has 1 aromatic carbocycles. The Bertz CT molecular complexity index is 975. The largest absolute Gasteiger partial charge is 0.497 e. The fourth-order valence-electron chi connectivity index (χ4n) is 3.37. The molecule has 12 heteroatoms. The molecule has 28 heavy (non-hydrogen) atoms. The van der Waals surface area contributed by atoms with Gasteiger partial charge in [-0.1, -0.05) is 0 Å². The summed E-state index contributed by atoms with van der Waals surface area (Å²) < 4.78 is 69.9. The number of benzene rings is 1. The lowest BCUT2D eigenvalue weighted by Crippen LogP contribution is -2.48. The van der Waals surface area contributed by atoms with E-state index in [2.05, 4.69) is 10.2 Å². The molecule has 0 saturated carbocycles. The lowest BCUT2D eigenvalue weighted by Gasteiger charge is -2.37. The van der Waals surface area contributed by atoms with Crippen molar-refractivity contribution in [3.05, 3.63) is 23.9 Å². The van der Waals surface area contributed by atoms with Crippen molar-refractivity contribution in [1.29, 1.82) is 0 Å². The molecule has 0 amide bonds. The molecule has 2 heterocycles. The van der Waals surface area contributed by atoms with Crippen molar-refractivity contribution in [2.24, 2.45) is 5.14 Å². The normalized spacial score (nSPS) is 16.8. The van der Waals surface area contributed by atoms with Crippen LogP contribution in [0.25, 0.3) is 10.9 Å². The van der Waals surface area contributed by atoms with Crippen molar-refractivity contribution in [3.8, 4) is 5.75 Å². The van der Waals surface area contributed by atoms with Gasteiger partial charge in [0.1, 0.15) is 5.75 Å². The molecular weight excluding hydrogens is 399 g/mol. The molecule has 0 unspecified atom stereocenters. The van der Waals surface area contributed by atoms with Gasteiger partial charge in [0.25, 0.3) is 10.2 Å². The smallest absolute Gasteiger partial charge is 0.437 e. The molecule has 1 fully saturated rings. The number of rotatable bonds is 4. The summed E-state index contributed by atoms with van der Waals surface area (Å²) in [7, 11) is -1.04. The van der Waals surface area contributed by atoms with E-state index in [1.165, 1.54) is 26.3 Å². The van der Waals surface area contributed by atoms with E-state index in [0.717, 1.165) is 4.31 Å². The van der Waals surface area contributed by atoms with Gasteiger partial charge < -0.3 is 9.64 Å². The molecule has 0 aliphatic carbocycles. The van der Waals surface area contributed by atoms with Crippen LogP contribution in [-0.4, -0.2) is 56.2 Å². The van der Waals surface area contributed by atoms with Crippen LogP contribution >= 0.6 is 0 Å².